The number of ether oxygens (including phenoxy) is 2. The maximum Gasteiger partial charge on any atom is 0.327 e. The van der Waals surface area contributed by atoms with Crippen LogP contribution in [0.1, 0.15) is 71.6 Å². The zero-order chi connectivity index (χ0) is 18.4. The van der Waals surface area contributed by atoms with Gasteiger partial charge in [-0.2, -0.15) is 8.42 Å². The van der Waals surface area contributed by atoms with Crippen LogP contribution in [0.5, 0.6) is 0 Å². The van der Waals surface area contributed by atoms with Crippen molar-refractivity contribution < 1.29 is 32.0 Å². The second-order valence-electron chi connectivity index (χ2n) is 5.72. The summed E-state index contributed by atoms with van der Waals surface area (Å²) in [7, 11) is -4.72. The molecule has 0 saturated carbocycles. The molecule has 0 aliphatic rings. The minimum atomic E-state index is -4.72. The van der Waals surface area contributed by atoms with Gasteiger partial charge in [0.25, 0.3) is 10.1 Å². The summed E-state index contributed by atoms with van der Waals surface area (Å²) in [4.78, 5) is 23.5. The van der Waals surface area contributed by atoms with Crippen molar-refractivity contribution in [3.63, 3.8) is 0 Å². The summed E-state index contributed by atoms with van der Waals surface area (Å²) in [5, 5.41) is -1.92. The van der Waals surface area contributed by atoms with Crippen molar-refractivity contribution in [2.45, 2.75) is 76.9 Å². The first-order valence-electron chi connectivity index (χ1n) is 8.61. The van der Waals surface area contributed by atoms with E-state index in [-0.39, 0.29) is 32.1 Å². The Bertz CT molecular complexity index is 465. The van der Waals surface area contributed by atoms with E-state index >= 15 is 0 Å². The molecule has 0 bridgehead atoms. The fraction of sp³-hybridized carbons (Fsp3) is 0.875. The molecular weight excluding hydrogens is 343 g/mol. The van der Waals surface area contributed by atoms with E-state index in [4.69, 9.17) is 14.0 Å². The molecule has 9 heteroatoms. The molecule has 7 nitrogen and oxygen atoms in total. The number of rotatable bonds is 14. The van der Waals surface area contributed by atoms with E-state index in [1.165, 1.54) is 0 Å². The standard InChI is InChI=1S/C16H30O7S.Li/c1-3-5-7-9-11-22-15(17)13-14(24(19,20)21)16(18)23-12-10-8-6-4-2;/h14H,3-13H2,1-2H3,(H,19,20,21);. The smallest absolute Gasteiger partial charge is 0.327 e. The number of unbranched alkanes of at least 4 members (excludes halogenated alkanes) is 6. The van der Waals surface area contributed by atoms with Crippen molar-refractivity contribution >= 4 is 40.9 Å². The Morgan fingerprint density at radius 1 is 0.880 bits per heavy atom. The van der Waals surface area contributed by atoms with Gasteiger partial charge in [0.15, 0.2) is 5.25 Å². The predicted octanol–water partition coefficient (Wildman–Crippen LogP) is 2.50. The minimum absolute atomic E-state index is 0. The molecule has 0 heterocycles. The molecule has 1 atom stereocenters. The fourth-order valence-electron chi connectivity index (χ4n) is 2.03. The van der Waals surface area contributed by atoms with Gasteiger partial charge >= 0.3 is 11.9 Å². The van der Waals surface area contributed by atoms with Crippen molar-refractivity contribution in [3.8, 4) is 0 Å². The molecule has 0 aromatic heterocycles. The van der Waals surface area contributed by atoms with E-state index in [9.17, 15) is 18.0 Å². The van der Waals surface area contributed by atoms with Crippen molar-refractivity contribution in [2.75, 3.05) is 13.2 Å². The molecule has 0 spiro atoms. The van der Waals surface area contributed by atoms with E-state index in [0.29, 0.717) is 12.8 Å². The molecule has 0 aliphatic heterocycles. The molecule has 0 amide bonds. The monoisotopic (exact) mass is 373 g/mol. The Morgan fingerprint density at radius 2 is 1.36 bits per heavy atom. The fourth-order valence-corrected chi connectivity index (χ4v) is 2.69. The van der Waals surface area contributed by atoms with Crippen LogP contribution in [0.4, 0.5) is 0 Å². The summed E-state index contributed by atoms with van der Waals surface area (Å²) in [6.45, 7) is 4.32. The molecule has 0 rings (SSSR count). The third-order valence-corrected chi connectivity index (χ3v) is 4.56. The molecule has 0 aromatic rings. The van der Waals surface area contributed by atoms with Gasteiger partial charge in [0, 0.05) is 18.9 Å². The zero-order valence-electron chi connectivity index (χ0n) is 15.7. The number of carbonyl (C=O) groups excluding carboxylic acids is 2. The van der Waals surface area contributed by atoms with E-state index < -0.39 is 33.7 Å². The molecule has 25 heavy (non-hydrogen) atoms. The normalized spacial score (nSPS) is 12.1. The van der Waals surface area contributed by atoms with Crippen molar-refractivity contribution in [1.82, 2.24) is 0 Å². The molecule has 0 aromatic carbocycles. The topological polar surface area (TPSA) is 107 Å². The van der Waals surface area contributed by atoms with E-state index in [1.54, 1.807) is 0 Å². The van der Waals surface area contributed by atoms with Crippen LogP contribution in [0.3, 0.4) is 0 Å². The van der Waals surface area contributed by atoms with Crippen molar-refractivity contribution in [3.05, 3.63) is 0 Å². The molecule has 0 saturated heterocycles. The molecule has 143 valence electrons. The van der Waals surface area contributed by atoms with Crippen LogP contribution in [0.25, 0.3) is 0 Å². The van der Waals surface area contributed by atoms with Crippen LogP contribution in [-0.2, 0) is 29.2 Å². The summed E-state index contributed by atoms with van der Waals surface area (Å²) < 4.78 is 41.5. The average Bonchev–Trinajstić information content (AvgIpc) is 2.51. The van der Waals surface area contributed by atoms with Gasteiger partial charge in [-0.1, -0.05) is 52.4 Å². The first-order chi connectivity index (χ1) is 11.3. The zero-order valence-corrected chi connectivity index (χ0v) is 16.5. The van der Waals surface area contributed by atoms with Gasteiger partial charge in [-0.05, 0) is 12.8 Å². The van der Waals surface area contributed by atoms with Gasteiger partial charge in [0.2, 0.25) is 0 Å². The summed E-state index contributed by atoms with van der Waals surface area (Å²) in [6, 6.07) is 0. The molecular formula is C16H30LiO7S. The summed E-state index contributed by atoms with van der Waals surface area (Å²) in [5.41, 5.74) is 0. The first-order valence-corrected chi connectivity index (χ1v) is 10.1. The van der Waals surface area contributed by atoms with Crippen LogP contribution >= 0.6 is 0 Å². The maximum absolute atomic E-state index is 11.8. The van der Waals surface area contributed by atoms with Gasteiger partial charge in [0.05, 0.1) is 19.6 Å². The van der Waals surface area contributed by atoms with Crippen LogP contribution in [-0.4, -0.2) is 62.2 Å². The van der Waals surface area contributed by atoms with E-state index in [1.807, 2.05) is 6.92 Å². The Kier molecular flexibility index (Phi) is 16.7. The van der Waals surface area contributed by atoms with Crippen LogP contribution in [0, 0.1) is 0 Å². The quantitative estimate of drug-likeness (QED) is 0.216. The molecule has 1 unspecified atom stereocenters. The maximum atomic E-state index is 11.8. The Morgan fingerprint density at radius 3 is 1.80 bits per heavy atom. The predicted molar refractivity (Wildman–Crippen MR) is 95.9 cm³/mol. The van der Waals surface area contributed by atoms with Crippen LogP contribution < -0.4 is 0 Å². The van der Waals surface area contributed by atoms with Crippen LogP contribution in [0.2, 0.25) is 0 Å². The van der Waals surface area contributed by atoms with E-state index in [0.717, 1.165) is 38.5 Å². The van der Waals surface area contributed by atoms with Crippen molar-refractivity contribution in [1.29, 1.82) is 0 Å². The van der Waals surface area contributed by atoms with Gasteiger partial charge < -0.3 is 9.47 Å². The third-order valence-electron chi connectivity index (χ3n) is 3.48. The Labute approximate surface area is 163 Å². The summed E-state index contributed by atoms with van der Waals surface area (Å²) in [6.07, 6.45) is 6.40. The van der Waals surface area contributed by atoms with Crippen molar-refractivity contribution in [2.24, 2.45) is 0 Å². The Hall–Kier alpha value is -0.553. The minimum Gasteiger partial charge on any atom is -0.466 e. The number of carbonyl (C=O) groups is 2. The van der Waals surface area contributed by atoms with Gasteiger partial charge in [-0.3, -0.25) is 14.1 Å². The summed E-state index contributed by atoms with van der Waals surface area (Å²) >= 11 is 0. The molecule has 0 aliphatic carbocycles. The first kappa shape index (κ1) is 26.7. The third kappa shape index (κ3) is 14.3. The molecule has 0 fully saturated rings. The summed E-state index contributed by atoms with van der Waals surface area (Å²) in [5.74, 6) is -1.95. The number of esters is 2. The largest absolute Gasteiger partial charge is 0.466 e. The second-order valence-corrected chi connectivity index (χ2v) is 7.32. The number of hydrogen-bond donors (Lipinski definition) is 1. The second kappa shape index (κ2) is 15.7. The molecule has 1 N–H and O–H groups in total. The Balaban J connectivity index is 0. The van der Waals surface area contributed by atoms with Gasteiger partial charge in [0.1, 0.15) is 0 Å². The SMILES string of the molecule is CCCCCCOC(=O)CC(C(=O)OCCCCCC)S(=O)(=O)O.[Li]. The number of hydrogen-bond acceptors (Lipinski definition) is 6. The van der Waals surface area contributed by atoms with Gasteiger partial charge in [-0.25, -0.2) is 0 Å². The average molecular weight is 373 g/mol. The van der Waals surface area contributed by atoms with Crippen LogP contribution in [0.15, 0.2) is 0 Å². The van der Waals surface area contributed by atoms with Gasteiger partial charge in [-0.15, -0.1) is 0 Å². The molecule has 1 radical (unpaired) electrons. The van der Waals surface area contributed by atoms with E-state index in [2.05, 4.69) is 6.92 Å².